The van der Waals surface area contributed by atoms with Crippen LogP contribution in [-0.2, 0) is 17.1 Å². The van der Waals surface area contributed by atoms with Crippen molar-refractivity contribution in [3.8, 4) is 11.4 Å². The van der Waals surface area contributed by atoms with Crippen molar-refractivity contribution in [2.75, 3.05) is 24.7 Å². The zero-order chi connectivity index (χ0) is 22.2. The van der Waals surface area contributed by atoms with E-state index < -0.39 is 29.8 Å². The van der Waals surface area contributed by atoms with E-state index in [9.17, 15) is 26.3 Å². The van der Waals surface area contributed by atoms with E-state index in [0.29, 0.717) is 24.5 Å². The summed E-state index contributed by atoms with van der Waals surface area (Å²) in [7, 11) is 0. The molecule has 0 aliphatic carbocycles. The third kappa shape index (κ3) is 4.48. The highest BCUT2D eigenvalue weighted by atomic mass is 19.4. The van der Waals surface area contributed by atoms with Gasteiger partial charge in [-0.05, 0) is 29.8 Å². The number of hydrogen-bond acceptors (Lipinski definition) is 6. The summed E-state index contributed by atoms with van der Waals surface area (Å²) in [4.78, 5) is 9.33. The maximum atomic E-state index is 13.1. The topological polar surface area (TPSA) is 64.3 Å². The smallest absolute Gasteiger partial charge is 0.377 e. The molecule has 6 nitrogen and oxygen atoms in total. The van der Waals surface area contributed by atoms with Crippen molar-refractivity contribution in [2.24, 2.45) is 0 Å². The van der Waals surface area contributed by atoms with Crippen LogP contribution in [0.1, 0.15) is 23.1 Å². The fraction of sp³-hybridized carbons (Fsp3) is 0.316. The molecule has 1 aliphatic heterocycles. The molecule has 3 heterocycles. The van der Waals surface area contributed by atoms with Gasteiger partial charge >= 0.3 is 18.2 Å². The molecule has 3 aromatic rings. The Morgan fingerprint density at radius 2 is 1.81 bits per heavy atom. The highest BCUT2D eigenvalue weighted by Gasteiger charge is 2.38. The van der Waals surface area contributed by atoms with E-state index in [1.807, 2.05) is 0 Å². The molecule has 0 saturated carbocycles. The van der Waals surface area contributed by atoms with Crippen LogP contribution in [-0.4, -0.2) is 34.9 Å². The van der Waals surface area contributed by atoms with Crippen LogP contribution in [0.5, 0.6) is 0 Å². The van der Waals surface area contributed by atoms with Crippen molar-refractivity contribution in [1.29, 1.82) is 0 Å². The van der Waals surface area contributed by atoms with E-state index in [1.54, 1.807) is 11.0 Å². The quantitative estimate of drug-likeness (QED) is 0.544. The first-order valence-corrected chi connectivity index (χ1v) is 9.02. The minimum absolute atomic E-state index is 0.157. The second-order valence-corrected chi connectivity index (χ2v) is 6.73. The predicted molar refractivity (Wildman–Crippen MR) is 94.9 cm³/mol. The molecular weight excluding hydrogens is 430 g/mol. The Morgan fingerprint density at radius 1 is 1.00 bits per heavy atom. The van der Waals surface area contributed by atoms with Gasteiger partial charge in [-0.1, -0.05) is 17.3 Å². The molecule has 1 aliphatic rings. The van der Waals surface area contributed by atoms with Crippen molar-refractivity contribution >= 4 is 5.82 Å². The van der Waals surface area contributed by atoms with Crippen LogP contribution in [0.3, 0.4) is 0 Å². The first-order chi connectivity index (χ1) is 14.6. The van der Waals surface area contributed by atoms with Crippen LogP contribution in [0.25, 0.3) is 11.4 Å². The third-order valence-corrected chi connectivity index (χ3v) is 4.70. The lowest BCUT2D eigenvalue weighted by Gasteiger charge is -2.37. The van der Waals surface area contributed by atoms with Gasteiger partial charge in [0, 0.05) is 18.3 Å². The minimum Gasteiger partial charge on any atom is -0.377 e. The first-order valence-electron chi connectivity index (χ1n) is 9.02. The van der Waals surface area contributed by atoms with E-state index >= 15 is 0 Å². The number of aromatic nitrogens is 3. The number of pyridine rings is 1. The van der Waals surface area contributed by atoms with Gasteiger partial charge < -0.3 is 14.2 Å². The first kappa shape index (κ1) is 21.1. The Hall–Kier alpha value is -3.15. The summed E-state index contributed by atoms with van der Waals surface area (Å²) in [6.07, 6.45) is -7.96. The molecule has 0 radical (unpaired) electrons. The summed E-state index contributed by atoms with van der Waals surface area (Å²) in [6, 6.07) is 7.45. The molecule has 0 amide bonds. The van der Waals surface area contributed by atoms with Crippen LogP contribution in [0.4, 0.5) is 32.2 Å². The Labute approximate surface area is 171 Å². The fourth-order valence-corrected chi connectivity index (χ4v) is 3.22. The van der Waals surface area contributed by atoms with E-state index in [-0.39, 0.29) is 18.0 Å². The number of nitrogens with zero attached hydrogens (tertiary/aromatic N) is 4. The Morgan fingerprint density at radius 3 is 2.45 bits per heavy atom. The molecule has 2 aromatic heterocycles. The lowest BCUT2D eigenvalue weighted by atomic mass is 10.0. The molecule has 0 spiro atoms. The van der Waals surface area contributed by atoms with Gasteiger partial charge in [0.05, 0.1) is 24.8 Å². The molecule has 1 atom stereocenters. The normalized spacial score (nSPS) is 17.7. The molecule has 0 N–H and O–H groups in total. The van der Waals surface area contributed by atoms with Crippen molar-refractivity contribution in [3.63, 3.8) is 0 Å². The molecule has 0 bridgehead atoms. The maximum absolute atomic E-state index is 13.1. The number of morpholine rings is 1. The number of anilines is 1. The Balaban J connectivity index is 1.60. The van der Waals surface area contributed by atoms with Gasteiger partial charge in [0.15, 0.2) is 0 Å². The summed E-state index contributed by atoms with van der Waals surface area (Å²) >= 11 is 0. The molecule has 1 unspecified atom stereocenters. The van der Waals surface area contributed by atoms with Gasteiger partial charge in [-0.3, -0.25) is 0 Å². The van der Waals surface area contributed by atoms with Gasteiger partial charge in [0.25, 0.3) is 0 Å². The van der Waals surface area contributed by atoms with E-state index in [0.717, 1.165) is 12.1 Å². The van der Waals surface area contributed by atoms with Crippen LogP contribution in [0.2, 0.25) is 0 Å². The van der Waals surface area contributed by atoms with Crippen LogP contribution in [0, 0.1) is 0 Å². The van der Waals surface area contributed by atoms with Crippen molar-refractivity contribution in [3.05, 3.63) is 59.6 Å². The summed E-state index contributed by atoms with van der Waals surface area (Å²) in [6.45, 7) is 0.872. The van der Waals surface area contributed by atoms with Crippen molar-refractivity contribution < 1.29 is 35.6 Å². The number of ether oxygens (including phenoxy) is 1. The van der Waals surface area contributed by atoms with Crippen LogP contribution >= 0.6 is 0 Å². The maximum Gasteiger partial charge on any atom is 0.471 e. The zero-order valence-electron chi connectivity index (χ0n) is 15.6. The number of halogens is 6. The molecule has 12 heteroatoms. The second kappa shape index (κ2) is 7.84. The van der Waals surface area contributed by atoms with E-state index in [1.165, 1.54) is 24.4 Å². The third-order valence-electron chi connectivity index (χ3n) is 4.70. The molecule has 1 saturated heterocycles. The fourth-order valence-electron chi connectivity index (χ4n) is 3.22. The van der Waals surface area contributed by atoms with Crippen LogP contribution < -0.4 is 4.90 Å². The van der Waals surface area contributed by atoms with Gasteiger partial charge in [-0.15, -0.1) is 0 Å². The summed E-state index contributed by atoms with van der Waals surface area (Å²) < 4.78 is 86.8. The predicted octanol–water partition coefficient (Wildman–Crippen LogP) is 4.75. The number of benzene rings is 1. The summed E-state index contributed by atoms with van der Waals surface area (Å²) in [5, 5.41) is 3.30. The monoisotopic (exact) mass is 444 g/mol. The number of alkyl halides is 6. The number of rotatable bonds is 3. The van der Waals surface area contributed by atoms with E-state index in [4.69, 9.17) is 4.74 Å². The lowest BCUT2D eigenvalue weighted by Crippen LogP contribution is -2.40. The largest absolute Gasteiger partial charge is 0.471 e. The highest BCUT2D eigenvalue weighted by molar-refractivity contribution is 5.56. The average Bonchev–Trinajstić information content (AvgIpc) is 3.24. The summed E-state index contributed by atoms with van der Waals surface area (Å²) in [5.74, 6) is -1.32. The zero-order valence-corrected chi connectivity index (χ0v) is 15.6. The van der Waals surface area contributed by atoms with Gasteiger partial charge in [-0.2, -0.15) is 31.3 Å². The van der Waals surface area contributed by atoms with Crippen LogP contribution in [0.15, 0.2) is 47.1 Å². The van der Waals surface area contributed by atoms with Gasteiger partial charge in [-0.25, -0.2) is 4.98 Å². The molecular formula is C19H14F6N4O2. The second-order valence-electron chi connectivity index (χ2n) is 6.73. The van der Waals surface area contributed by atoms with Crippen molar-refractivity contribution in [1.82, 2.24) is 15.1 Å². The van der Waals surface area contributed by atoms with Gasteiger partial charge in [0.2, 0.25) is 5.82 Å². The lowest BCUT2D eigenvalue weighted by molar-refractivity contribution is -0.159. The Bertz CT molecular complexity index is 1050. The highest BCUT2D eigenvalue weighted by Crippen LogP contribution is 2.35. The SMILES string of the molecule is FC(F)(F)c1cccc(C2COCCN2c2ccc(-c3noc(C(F)(F)F)n3)cn2)c1. The summed E-state index contributed by atoms with van der Waals surface area (Å²) in [5.41, 5.74) is -0.156. The molecule has 164 valence electrons. The average molecular weight is 444 g/mol. The molecule has 1 fully saturated rings. The van der Waals surface area contributed by atoms with E-state index in [2.05, 4.69) is 19.6 Å². The standard InChI is InChI=1S/C19H14F6N4O2/c20-18(21,22)13-3-1-2-11(8-13)14-10-30-7-6-29(14)15-5-4-12(9-26-15)16-27-17(31-28-16)19(23,24)25/h1-5,8-9,14H,6-7,10H2. The minimum atomic E-state index is -4.76. The Kier molecular flexibility index (Phi) is 5.33. The molecule has 31 heavy (non-hydrogen) atoms. The van der Waals surface area contributed by atoms with Crippen molar-refractivity contribution in [2.45, 2.75) is 18.4 Å². The number of hydrogen-bond donors (Lipinski definition) is 0. The molecule has 4 rings (SSSR count). The molecule has 1 aromatic carbocycles. The van der Waals surface area contributed by atoms with Gasteiger partial charge in [0.1, 0.15) is 5.82 Å².